The lowest BCUT2D eigenvalue weighted by atomic mass is 10.1. The molecule has 0 saturated heterocycles. The minimum atomic E-state index is -4.43. The maximum Gasteiger partial charge on any atom is 0.422 e. The zero-order chi connectivity index (χ0) is 17.2. The fraction of sp³-hybridized carbons (Fsp3) is 0.400. The average molecular weight is 340 g/mol. The molecule has 0 fully saturated rings. The number of amides is 1. The third kappa shape index (κ3) is 4.03. The van der Waals surface area contributed by atoms with Crippen LogP contribution in [-0.2, 0) is 13.0 Å². The lowest BCUT2D eigenvalue weighted by Crippen LogP contribution is -2.40. The van der Waals surface area contributed by atoms with Crippen LogP contribution in [0.4, 0.5) is 13.2 Å². The first-order valence-electron chi connectivity index (χ1n) is 7.37. The highest BCUT2D eigenvalue weighted by atomic mass is 19.4. The maximum absolute atomic E-state index is 12.2. The van der Waals surface area contributed by atoms with Crippen LogP contribution in [0.1, 0.15) is 22.6 Å². The topological polar surface area (TPSA) is 69.0 Å². The SMILES string of the molecule is O=C(NC1CCc2nccn2C1)c1ccc(OCC(F)(F)F)nc1. The number of imidazole rings is 1. The van der Waals surface area contributed by atoms with Gasteiger partial charge in [-0.25, -0.2) is 9.97 Å². The van der Waals surface area contributed by atoms with Crippen LogP contribution in [0.5, 0.6) is 5.88 Å². The smallest absolute Gasteiger partial charge is 0.422 e. The van der Waals surface area contributed by atoms with Crippen LogP contribution in [0.25, 0.3) is 0 Å². The Kier molecular flexibility index (Phi) is 4.41. The standard InChI is InChI=1S/C15H15F3N4O2/c16-15(17,18)9-24-13-4-1-10(7-20-13)14(23)21-11-2-3-12-19-5-6-22(12)8-11/h1,4-7,11H,2-3,8-9H2,(H,21,23). The van der Waals surface area contributed by atoms with Gasteiger partial charge < -0.3 is 14.6 Å². The van der Waals surface area contributed by atoms with Crippen molar-refractivity contribution in [1.29, 1.82) is 0 Å². The molecule has 1 amide bonds. The van der Waals surface area contributed by atoms with Gasteiger partial charge in [0, 0.05) is 43.7 Å². The van der Waals surface area contributed by atoms with Gasteiger partial charge in [0.05, 0.1) is 5.56 Å². The molecular formula is C15H15F3N4O2. The monoisotopic (exact) mass is 340 g/mol. The Bertz CT molecular complexity index is 712. The molecule has 1 atom stereocenters. The summed E-state index contributed by atoms with van der Waals surface area (Å²) in [6.45, 7) is -0.776. The third-order valence-corrected chi connectivity index (χ3v) is 3.65. The number of carbonyl (C=O) groups excluding carboxylic acids is 1. The summed E-state index contributed by atoms with van der Waals surface area (Å²) in [5.74, 6) is 0.497. The zero-order valence-corrected chi connectivity index (χ0v) is 12.6. The quantitative estimate of drug-likeness (QED) is 0.924. The first-order chi connectivity index (χ1) is 11.4. The van der Waals surface area contributed by atoms with Crippen molar-refractivity contribution in [2.75, 3.05) is 6.61 Å². The van der Waals surface area contributed by atoms with Crippen molar-refractivity contribution in [3.05, 3.63) is 42.1 Å². The van der Waals surface area contributed by atoms with Crippen LogP contribution < -0.4 is 10.1 Å². The number of halogens is 3. The van der Waals surface area contributed by atoms with Crippen LogP contribution in [0.3, 0.4) is 0 Å². The fourth-order valence-corrected chi connectivity index (χ4v) is 2.51. The lowest BCUT2D eigenvalue weighted by molar-refractivity contribution is -0.154. The van der Waals surface area contributed by atoms with Gasteiger partial charge in [0.1, 0.15) is 5.82 Å². The Balaban J connectivity index is 1.56. The molecule has 2 aromatic heterocycles. The Morgan fingerprint density at radius 2 is 2.21 bits per heavy atom. The second kappa shape index (κ2) is 6.50. The van der Waals surface area contributed by atoms with Crippen molar-refractivity contribution in [1.82, 2.24) is 19.9 Å². The van der Waals surface area contributed by atoms with Crippen LogP contribution in [0, 0.1) is 0 Å². The van der Waals surface area contributed by atoms with Gasteiger partial charge >= 0.3 is 6.18 Å². The molecule has 1 aliphatic rings. The zero-order valence-electron chi connectivity index (χ0n) is 12.6. The van der Waals surface area contributed by atoms with Gasteiger partial charge in [-0.05, 0) is 12.5 Å². The number of nitrogens with zero attached hydrogens (tertiary/aromatic N) is 3. The number of rotatable bonds is 4. The number of pyridine rings is 1. The van der Waals surface area contributed by atoms with E-state index in [1.807, 2.05) is 10.8 Å². The minimum Gasteiger partial charge on any atom is -0.468 e. The molecule has 3 rings (SSSR count). The first kappa shape index (κ1) is 16.3. The summed E-state index contributed by atoms with van der Waals surface area (Å²) < 4.78 is 42.7. The van der Waals surface area contributed by atoms with E-state index in [9.17, 15) is 18.0 Å². The van der Waals surface area contributed by atoms with E-state index in [1.165, 1.54) is 18.3 Å². The number of carbonyl (C=O) groups is 1. The molecule has 1 unspecified atom stereocenters. The third-order valence-electron chi connectivity index (χ3n) is 3.65. The number of fused-ring (bicyclic) bond motifs is 1. The molecule has 3 heterocycles. The predicted molar refractivity (Wildman–Crippen MR) is 77.6 cm³/mol. The molecule has 0 spiro atoms. The maximum atomic E-state index is 12.2. The second-order valence-corrected chi connectivity index (χ2v) is 5.49. The van der Waals surface area contributed by atoms with Gasteiger partial charge in [0.25, 0.3) is 5.91 Å². The molecule has 0 aromatic carbocycles. The second-order valence-electron chi connectivity index (χ2n) is 5.49. The molecule has 128 valence electrons. The van der Waals surface area contributed by atoms with Crippen molar-refractivity contribution >= 4 is 5.91 Å². The number of aromatic nitrogens is 3. The van der Waals surface area contributed by atoms with Crippen molar-refractivity contribution in [2.24, 2.45) is 0 Å². The number of hydrogen-bond acceptors (Lipinski definition) is 4. The highest BCUT2D eigenvalue weighted by Crippen LogP contribution is 2.17. The molecule has 9 heteroatoms. The molecule has 0 radical (unpaired) electrons. The van der Waals surface area contributed by atoms with E-state index in [0.717, 1.165) is 18.7 Å². The van der Waals surface area contributed by atoms with Gasteiger partial charge in [0.2, 0.25) is 5.88 Å². The number of alkyl halides is 3. The Hall–Kier alpha value is -2.58. The Morgan fingerprint density at radius 1 is 1.38 bits per heavy atom. The van der Waals surface area contributed by atoms with Gasteiger partial charge in [-0.15, -0.1) is 0 Å². The van der Waals surface area contributed by atoms with E-state index in [-0.39, 0.29) is 23.4 Å². The molecule has 6 nitrogen and oxygen atoms in total. The summed E-state index contributed by atoms with van der Waals surface area (Å²) in [6, 6.07) is 2.61. The molecule has 0 saturated carbocycles. The molecular weight excluding hydrogens is 325 g/mol. The summed E-state index contributed by atoms with van der Waals surface area (Å²) in [5.41, 5.74) is 0.269. The summed E-state index contributed by atoms with van der Waals surface area (Å²) in [5, 5.41) is 2.89. The largest absolute Gasteiger partial charge is 0.468 e. The Morgan fingerprint density at radius 3 is 2.92 bits per heavy atom. The fourth-order valence-electron chi connectivity index (χ4n) is 2.51. The predicted octanol–water partition coefficient (Wildman–Crippen LogP) is 1.96. The number of hydrogen-bond donors (Lipinski definition) is 1. The molecule has 1 N–H and O–H groups in total. The molecule has 24 heavy (non-hydrogen) atoms. The van der Waals surface area contributed by atoms with E-state index >= 15 is 0 Å². The van der Waals surface area contributed by atoms with Crippen LogP contribution in [0.2, 0.25) is 0 Å². The first-order valence-corrected chi connectivity index (χ1v) is 7.37. The number of ether oxygens (including phenoxy) is 1. The van der Waals surface area contributed by atoms with Crippen molar-refractivity contribution < 1.29 is 22.7 Å². The van der Waals surface area contributed by atoms with Gasteiger partial charge in [-0.3, -0.25) is 4.79 Å². The van der Waals surface area contributed by atoms with Crippen LogP contribution in [-0.4, -0.2) is 39.3 Å². The van der Waals surface area contributed by atoms with Gasteiger partial charge in [0.15, 0.2) is 6.61 Å². The van der Waals surface area contributed by atoms with E-state index < -0.39 is 12.8 Å². The van der Waals surface area contributed by atoms with E-state index in [1.54, 1.807) is 6.20 Å². The number of aryl methyl sites for hydroxylation is 1. The van der Waals surface area contributed by atoms with E-state index in [4.69, 9.17) is 0 Å². The summed E-state index contributed by atoms with van der Waals surface area (Å²) in [6.07, 6.45) is 1.92. The van der Waals surface area contributed by atoms with Crippen molar-refractivity contribution in [3.8, 4) is 5.88 Å². The Labute approximate surface area is 135 Å². The van der Waals surface area contributed by atoms with Gasteiger partial charge in [-0.1, -0.05) is 0 Å². The summed E-state index contributed by atoms with van der Waals surface area (Å²) in [7, 11) is 0. The van der Waals surface area contributed by atoms with Gasteiger partial charge in [-0.2, -0.15) is 13.2 Å². The molecule has 1 aliphatic heterocycles. The average Bonchev–Trinajstić information content (AvgIpc) is 3.00. The summed E-state index contributed by atoms with van der Waals surface area (Å²) in [4.78, 5) is 20.1. The lowest BCUT2D eigenvalue weighted by Gasteiger charge is -2.24. The van der Waals surface area contributed by atoms with E-state index in [2.05, 4.69) is 20.0 Å². The molecule has 0 bridgehead atoms. The van der Waals surface area contributed by atoms with Crippen LogP contribution >= 0.6 is 0 Å². The highest BCUT2D eigenvalue weighted by molar-refractivity contribution is 5.94. The van der Waals surface area contributed by atoms with Crippen molar-refractivity contribution in [2.45, 2.75) is 31.6 Å². The number of nitrogens with one attached hydrogen (secondary N) is 1. The normalized spacial score (nSPS) is 17.2. The summed E-state index contributed by atoms with van der Waals surface area (Å²) >= 11 is 0. The van der Waals surface area contributed by atoms with Crippen molar-refractivity contribution in [3.63, 3.8) is 0 Å². The molecule has 0 aliphatic carbocycles. The molecule has 2 aromatic rings. The highest BCUT2D eigenvalue weighted by Gasteiger charge is 2.28. The van der Waals surface area contributed by atoms with E-state index in [0.29, 0.717) is 6.54 Å². The minimum absolute atomic E-state index is 0.0274. The van der Waals surface area contributed by atoms with Crippen LogP contribution in [0.15, 0.2) is 30.7 Å².